The maximum Gasteiger partial charge on any atom is 0.338 e. The second-order valence-corrected chi connectivity index (χ2v) is 11.6. The van der Waals surface area contributed by atoms with Crippen LogP contribution in [0.4, 0.5) is 0 Å². The van der Waals surface area contributed by atoms with Crippen molar-refractivity contribution in [2.75, 3.05) is 13.7 Å². The predicted octanol–water partition coefficient (Wildman–Crippen LogP) is 5.60. The van der Waals surface area contributed by atoms with Crippen LogP contribution in [0.5, 0.6) is 11.5 Å². The quantitative estimate of drug-likeness (QED) is 0.218. The molecule has 3 aromatic carbocycles. The Labute approximate surface area is 250 Å². The number of hydrogen-bond acceptors (Lipinski definition) is 8. The Morgan fingerprint density at radius 3 is 2.67 bits per heavy atom. The summed E-state index contributed by atoms with van der Waals surface area (Å²) < 4.78 is 19.3. The maximum absolute atomic E-state index is 13.8. The van der Waals surface area contributed by atoms with E-state index in [-0.39, 0.29) is 12.2 Å². The van der Waals surface area contributed by atoms with Crippen molar-refractivity contribution in [1.82, 2.24) is 4.57 Å². The first-order chi connectivity index (χ1) is 20.5. The zero-order valence-electron chi connectivity index (χ0n) is 23.3. The number of thiazole rings is 1. The molecule has 42 heavy (non-hydrogen) atoms. The molecule has 0 N–H and O–H groups in total. The first kappa shape index (κ1) is 27.7. The third-order valence-electron chi connectivity index (χ3n) is 7.08. The third kappa shape index (κ3) is 5.17. The summed E-state index contributed by atoms with van der Waals surface area (Å²) in [5.74, 6) is 0.709. The number of esters is 1. The van der Waals surface area contributed by atoms with Gasteiger partial charge in [0.05, 0.1) is 29.5 Å². The molecule has 0 radical (unpaired) electrons. The summed E-state index contributed by atoms with van der Waals surface area (Å²) in [6, 6.07) is 23.2. The molecule has 7 nitrogen and oxygen atoms in total. The first-order valence-corrected chi connectivity index (χ1v) is 15.2. The van der Waals surface area contributed by atoms with Gasteiger partial charge in [0.1, 0.15) is 12.6 Å². The zero-order valence-corrected chi connectivity index (χ0v) is 25.0. The van der Waals surface area contributed by atoms with Gasteiger partial charge in [0, 0.05) is 4.88 Å². The summed E-state index contributed by atoms with van der Waals surface area (Å²) in [5.41, 5.74) is 2.57. The van der Waals surface area contributed by atoms with Crippen LogP contribution >= 0.6 is 22.7 Å². The van der Waals surface area contributed by atoms with Crippen molar-refractivity contribution in [3.8, 4) is 11.5 Å². The first-order valence-electron chi connectivity index (χ1n) is 13.5. The van der Waals surface area contributed by atoms with Crippen LogP contribution in [0.15, 0.2) is 99.2 Å². The Morgan fingerprint density at radius 2 is 1.88 bits per heavy atom. The summed E-state index contributed by atoms with van der Waals surface area (Å²) in [6.07, 6.45) is 1.82. The minimum Gasteiger partial charge on any atom is -0.493 e. The van der Waals surface area contributed by atoms with E-state index in [9.17, 15) is 9.59 Å². The van der Waals surface area contributed by atoms with Crippen LogP contribution in [-0.2, 0) is 16.1 Å². The van der Waals surface area contributed by atoms with Crippen LogP contribution in [0.1, 0.15) is 35.9 Å². The number of fused-ring (bicyclic) bond motifs is 2. The van der Waals surface area contributed by atoms with E-state index in [2.05, 4.69) is 29.3 Å². The zero-order chi connectivity index (χ0) is 29.2. The van der Waals surface area contributed by atoms with Gasteiger partial charge in [-0.2, -0.15) is 0 Å². The van der Waals surface area contributed by atoms with Gasteiger partial charge in [-0.1, -0.05) is 65.9 Å². The molecule has 1 aliphatic rings. The molecule has 0 amide bonds. The molecule has 0 unspecified atom stereocenters. The Kier molecular flexibility index (Phi) is 7.78. The number of rotatable bonds is 8. The molecule has 0 bridgehead atoms. The van der Waals surface area contributed by atoms with E-state index in [4.69, 9.17) is 14.2 Å². The van der Waals surface area contributed by atoms with E-state index < -0.39 is 12.0 Å². The van der Waals surface area contributed by atoms with Gasteiger partial charge >= 0.3 is 5.97 Å². The lowest BCUT2D eigenvalue weighted by atomic mass is 10.0. The molecular weight excluding hydrogens is 569 g/mol. The molecule has 212 valence electrons. The minimum atomic E-state index is -0.596. The van der Waals surface area contributed by atoms with Crippen molar-refractivity contribution >= 4 is 45.5 Å². The summed E-state index contributed by atoms with van der Waals surface area (Å²) in [7, 11) is 1.60. The van der Waals surface area contributed by atoms with E-state index in [0.29, 0.717) is 38.7 Å². The van der Waals surface area contributed by atoms with Crippen molar-refractivity contribution in [3.05, 3.63) is 125 Å². The highest BCUT2D eigenvalue weighted by atomic mass is 32.1. The second-order valence-electron chi connectivity index (χ2n) is 9.65. The molecule has 3 heterocycles. The number of carbonyl (C=O) groups excluding carboxylic acids is 1. The monoisotopic (exact) mass is 596 g/mol. The average molecular weight is 597 g/mol. The highest BCUT2D eigenvalue weighted by Gasteiger charge is 2.33. The van der Waals surface area contributed by atoms with E-state index >= 15 is 0 Å². The second kappa shape index (κ2) is 11.8. The smallest absolute Gasteiger partial charge is 0.338 e. The normalized spacial score (nSPS) is 14.9. The van der Waals surface area contributed by atoms with Crippen LogP contribution in [-0.4, -0.2) is 24.3 Å². The van der Waals surface area contributed by atoms with Crippen LogP contribution in [0.25, 0.3) is 16.8 Å². The van der Waals surface area contributed by atoms with E-state index in [0.717, 1.165) is 26.8 Å². The Morgan fingerprint density at radius 1 is 1.05 bits per heavy atom. The lowest BCUT2D eigenvalue weighted by Gasteiger charge is -2.23. The van der Waals surface area contributed by atoms with Crippen LogP contribution in [0.2, 0.25) is 0 Å². The lowest BCUT2D eigenvalue weighted by Crippen LogP contribution is -2.39. The lowest BCUT2D eigenvalue weighted by molar-refractivity contribution is -0.139. The minimum absolute atomic E-state index is 0.221. The Bertz CT molecular complexity index is 2000. The van der Waals surface area contributed by atoms with Crippen LogP contribution in [0.3, 0.4) is 0 Å². The highest BCUT2D eigenvalue weighted by molar-refractivity contribution is 7.10. The van der Waals surface area contributed by atoms with E-state index in [1.165, 1.54) is 22.7 Å². The number of allylic oxidation sites excluding steroid dienone is 1. The van der Waals surface area contributed by atoms with Crippen LogP contribution in [0, 0.1) is 0 Å². The van der Waals surface area contributed by atoms with Gasteiger partial charge in [-0.25, -0.2) is 9.79 Å². The molecule has 0 aliphatic carbocycles. The fourth-order valence-electron chi connectivity index (χ4n) is 5.13. The number of methoxy groups -OCH3 is 1. The number of benzene rings is 3. The molecule has 6 rings (SSSR count). The van der Waals surface area contributed by atoms with Gasteiger partial charge in [-0.05, 0) is 65.4 Å². The van der Waals surface area contributed by atoms with Gasteiger partial charge in [0.25, 0.3) is 5.56 Å². The third-order valence-corrected chi connectivity index (χ3v) is 8.99. The Hall–Kier alpha value is -4.47. The van der Waals surface area contributed by atoms with Crippen molar-refractivity contribution < 1.29 is 19.0 Å². The molecule has 0 saturated carbocycles. The van der Waals surface area contributed by atoms with Gasteiger partial charge < -0.3 is 14.2 Å². The van der Waals surface area contributed by atoms with Crippen LogP contribution < -0.4 is 24.4 Å². The van der Waals surface area contributed by atoms with Gasteiger partial charge in [0.15, 0.2) is 16.3 Å². The molecule has 5 aromatic rings. The number of aromatic nitrogens is 1. The van der Waals surface area contributed by atoms with Gasteiger partial charge in [-0.3, -0.25) is 9.36 Å². The topological polar surface area (TPSA) is 79.1 Å². The number of nitrogens with zero attached hydrogens (tertiary/aromatic N) is 2. The summed E-state index contributed by atoms with van der Waals surface area (Å²) in [4.78, 5) is 32.8. The number of carbonyl (C=O) groups is 1. The molecule has 1 atom stereocenters. The maximum atomic E-state index is 13.8. The predicted molar refractivity (Wildman–Crippen MR) is 166 cm³/mol. The molecule has 0 spiro atoms. The van der Waals surface area contributed by atoms with E-state index in [1.807, 2.05) is 60.0 Å². The average Bonchev–Trinajstić information content (AvgIpc) is 3.64. The molecule has 1 aliphatic heterocycles. The summed E-state index contributed by atoms with van der Waals surface area (Å²) in [6.45, 7) is 4.17. The van der Waals surface area contributed by atoms with Gasteiger partial charge in [0.2, 0.25) is 0 Å². The standard InChI is InChI=1S/C33H28N2O5S2/c1-4-39-32(37)29-20(2)34-33-35(30(29)27-13-8-16-41-27)31(36)28(42-33)18-21-14-15-25(26(17-21)38-3)40-19-23-11-7-10-22-9-5-6-12-24(22)23/h5-18,30H,4,19H2,1-3H3/b28-18-/t30-/m0/s1. The SMILES string of the molecule is CCOC(=O)C1=C(C)N=c2s/c(=C\c3ccc(OCc4cccc5ccccc45)c(OC)c3)c(=O)n2[C@H]1c1cccs1. The molecule has 0 saturated heterocycles. The number of thiophene rings is 1. The Balaban J connectivity index is 1.34. The van der Waals surface area contributed by atoms with Crippen molar-refractivity contribution in [2.24, 2.45) is 4.99 Å². The highest BCUT2D eigenvalue weighted by Crippen LogP contribution is 2.33. The molecule has 2 aromatic heterocycles. The molecular formula is C33H28N2O5S2. The number of hydrogen-bond donors (Lipinski definition) is 0. The molecule has 9 heteroatoms. The summed E-state index contributed by atoms with van der Waals surface area (Å²) >= 11 is 2.78. The fraction of sp³-hybridized carbons (Fsp3) is 0.182. The van der Waals surface area contributed by atoms with Crippen molar-refractivity contribution in [2.45, 2.75) is 26.5 Å². The largest absolute Gasteiger partial charge is 0.493 e. The number of ether oxygens (including phenoxy) is 3. The van der Waals surface area contributed by atoms with Gasteiger partial charge in [-0.15, -0.1) is 11.3 Å². The van der Waals surface area contributed by atoms with Crippen molar-refractivity contribution in [3.63, 3.8) is 0 Å². The van der Waals surface area contributed by atoms with E-state index in [1.54, 1.807) is 25.5 Å². The molecule has 0 fully saturated rings. The summed E-state index contributed by atoms with van der Waals surface area (Å²) in [5, 5.41) is 4.24. The van der Waals surface area contributed by atoms with Crippen molar-refractivity contribution in [1.29, 1.82) is 0 Å². The fourth-order valence-corrected chi connectivity index (χ4v) is 7.00.